The van der Waals surface area contributed by atoms with E-state index in [9.17, 15) is 14.9 Å². The summed E-state index contributed by atoms with van der Waals surface area (Å²) in [6, 6.07) is 11.6. The maximum absolute atomic E-state index is 12.5. The maximum atomic E-state index is 12.5. The highest BCUT2D eigenvalue weighted by molar-refractivity contribution is 9.10. The van der Waals surface area contributed by atoms with Crippen LogP contribution in [0.3, 0.4) is 0 Å². The summed E-state index contributed by atoms with van der Waals surface area (Å²) in [5.41, 5.74) is 0.846. The van der Waals surface area contributed by atoms with Gasteiger partial charge in [-0.25, -0.2) is 4.79 Å². The predicted octanol–water partition coefficient (Wildman–Crippen LogP) is 4.60. The highest BCUT2D eigenvalue weighted by atomic mass is 79.9. The van der Waals surface area contributed by atoms with E-state index in [2.05, 4.69) is 21.2 Å². The van der Waals surface area contributed by atoms with Crippen molar-refractivity contribution in [1.29, 1.82) is 5.26 Å². The molecule has 0 aliphatic rings. The van der Waals surface area contributed by atoms with Gasteiger partial charge in [-0.1, -0.05) is 33.6 Å². The van der Waals surface area contributed by atoms with Gasteiger partial charge in [-0.05, 0) is 48.9 Å². The van der Waals surface area contributed by atoms with E-state index in [4.69, 9.17) is 25.8 Å². The predicted molar refractivity (Wildman–Crippen MR) is 116 cm³/mol. The molecule has 0 atom stereocenters. The van der Waals surface area contributed by atoms with Crippen molar-refractivity contribution in [2.24, 2.45) is 0 Å². The third kappa shape index (κ3) is 6.51. The van der Waals surface area contributed by atoms with Crippen molar-refractivity contribution >= 4 is 51.2 Å². The molecule has 0 spiro atoms. The van der Waals surface area contributed by atoms with Gasteiger partial charge < -0.3 is 19.5 Å². The van der Waals surface area contributed by atoms with E-state index in [1.807, 2.05) is 6.07 Å². The smallest absolute Gasteiger partial charge is 0.344 e. The molecule has 0 unspecified atom stereocenters. The van der Waals surface area contributed by atoms with Crippen LogP contribution in [-0.2, 0) is 14.3 Å². The number of carbonyl (C=O) groups excluding carboxylic acids is 2. The molecule has 9 heteroatoms. The second-order valence-electron chi connectivity index (χ2n) is 5.75. The quantitative estimate of drug-likeness (QED) is 0.328. The van der Waals surface area contributed by atoms with Gasteiger partial charge in [0.1, 0.15) is 11.6 Å². The fourth-order valence-electron chi connectivity index (χ4n) is 2.34. The number of rotatable bonds is 8. The van der Waals surface area contributed by atoms with E-state index >= 15 is 0 Å². The Kier molecular flexibility index (Phi) is 8.71. The fraction of sp³-hybridized carbons (Fsp3) is 0.190. The lowest BCUT2D eigenvalue weighted by molar-refractivity contribution is -0.145. The van der Waals surface area contributed by atoms with Crippen LogP contribution in [0.25, 0.3) is 6.08 Å². The Morgan fingerprint density at radius 1 is 1.27 bits per heavy atom. The van der Waals surface area contributed by atoms with Gasteiger partial charge in [0.2, 0.25) is 0 Å². The van der Waals surface area contributed by atoms with E-state index in [0.29, 0.717) is 32.2 Å². The lowest BCUT2D eigenvalue weighted by Gasteiger charge is -2.12. The van der Waals surface area contributed by atoms with E-state index in [-0.39, 0.29) is 18.8 Å². The molecule has 0 saturated heterocycles. The van der Waals surface area contributed by atoms with Gasteiger partial charge in [0.25, 0.3) is 5.91 Å². The molecule has 0 aromatic heterocycles. The number of benzene rings is 2. The molecule has 0 fully saturated rings. The van der Waals surface area contributed by atoms with Crippen LogP contribution < -0.4 is 14.8 Å². The van der Waals surface area contributed by atoms with Crippen molar-refractivity contribution in [1.82, 2.24) is 0 Å². The number of nitrogens with zero attached hydrogens (tertiary/aromatic N) is 1. The topological polar surface area (TPSA) is 97.7 Å². The normalized spacial score (nSPS) is 10.7. The summed E-state index contributed by atoms with van der Waals surface area (Å²) in [6.07, 6.45) is 1.40. The zero-order valence-corrected chi connectivity index (χ0v) is 18.5. The van der Waals surface area contributed by atoms with Crippen LogP contribution in [0, 0.1) is 11.3 Å². The summed E-state index contributed by atoms with van der Waals surface area (Å²) < 4.78 is 16.1. The van der Waals surface area contributed by atoms with Crippen LogP contribution in [-0.4, -0.2) is 32.2 Å². The molecule has 0 aliphatic heterocycles. The van der Waals surface area contributed by atoms with Crippen molar-refractivity contribution in [3.05, 3.63) is 57.0 Å². The Bertz CT molecular complexity index is 1020. The molecule has 2 aromatic rings. The van der Waals surface area contributed by atoms with Crippen molar-refractivity contribution in [2.45, 2.75) is 6.92 Å². The first-order valence-corrected chi connectivity index (χ1v) is 9.89. The van der Waals surface area contributed by atoms with Crippen LogP contribution >= 0.6 is 27.5 Å². The van der Waals surface area contributed by atoms with Gasteiger partial charge in [-0.2, -0.15) is 5.26 Å². The molecule has 0 heterocycles. The van der Waals surface area contributed by atoms with Crippen LogP contribution in [0.1, 0.15) is 12.5 Å². The molecule has 2 rings (SSSR count). The van der Waals surface area contributed by atoms with Gasteiger partial charge in [0.15, 0.2) is 18.1 Å². The van der Waals surface area contributed by atoms with Crippen LogP contribution in [0.15, 0.2) is 46.4 Å². The van der Waals surface area contributed by atoms with Crippen molar-refractivity contribution < 1.29 is 23.8 Å². The van der Waals surface area contributed by atoms with Gasteiger partial charge >= 0.3 is 5.97 Å². The standard InChI is InChI=1S/C21H18BrClN2O5/c1-3-29-20(26)12-30-19-10-17(22)13(8-18(19)28-2)7-14(11-24)21(27)25-16-6-4-5-15(23)9-16/h4-10H,3,12H2,1-2H3,(H,25,27)/b14-7+. The molecular formula is C21H18BrClN2O5. The molecule has 1 amide bonds. The Hall–Kier alpha value is -3.02. The van der Waals surface area contributed by atoms with Crippen molar-refractivity contribution in [2.75, 3.05) is 25.6 Å². The zero-order chi connectivity index (χ0) is 22.1. The molecular weight excluding hydrogens is 476 g/mol. The minimum atomic E-state index is -0.590. The monoisotopic (exact) mass is 492 g/mol. The lowest BCUT2D eigenvalue weighted by atomic mass is 10.1. The number of nitriles is 1. The zero-order valence-electron chi connectivity index (χ0n) is 16.2. The highest BCUT2D eigenvalue weighted by Crippen LogP contribution is 2.34. The van der Waals surface area contributed by atoms with E-state index < -0.39 is 11.9 Å². The minimum absolute atomic E-state index is 0.127. The molecule has 1 N–H and O–H groups in total. The number of nitrogens with one attached hydrogen (secondary N) is 1. The van der Waals surface area contributed by atoms with E-state index in [0.717, 1.165) is 0 Å². The fourth-order valence-corrected chi connectivity index (χ4v) is 2.97. The summed E-state index contributed by atoms with van der Waals surface area (Å²) in [4.78, 5) is 24.0. The summed E-state index contributed by atoms with van der Waals surface area (Å²) in [7, 11) is 1.44. The number of hydrogen-bond acceptors (Lipinski definition) is 6. The molecule has 30 heavy (non-hydrogen) atoms. The second kappa shape index (κ2) is 11.2. The molecule has 2 aromatic carbocycles. The largest absolute Gasteiger partial charge is 0.493 e. The van der Waals surface area contributed by atoms with Crippen LogP contribution in [0.2, 0.25) is 5.02 Å². The van der Waals surface area contributed by atoms with Gasteiger partial charge in [0, 0.05) is 15.2 Å². The third-order valence-corrected chi connectivity index (χ3v) is 4.60. The Labute approximate surface area is 187 Å². The number of esters is 1. The molecule has 0 aliphatic carbocycles. The number of amides is 1. The SMILES string of the molecule is CCOC(=O)COc1cc(Br)c(/C=C(\C#N)C(=O)Nc2cccc(Cl)c2)cc1OC. The number of methoxy groups -OCH3 is 1. The molecule has 0 saturated carbocycles. The highest BCUT2D eigenvalue weighted by Gasteiger charge is 2.15. The van der Waals surface area contributed by atoms with Gasteiger partial charge in [-0.3, -0.25) is 4.79 Å². The average Bonchev–Trinajstić information content (AvgIpc) is 2.71. The summed E-state index contributed by atoms with van der Waals surface area (Å²) in [6.45, 7) is 1.67. The summed E-state index contributed by atoms with van der Waals surface area (Å²) in [5, 5.41) is 12.5. The summed E-state index contributed by atoms with van der Waals surface area (Å²) in [5.74, 6) is -0.477. The molecule has 0 bridgehead atoms. The first-order valence-electron chi connectivity index (χ1n) is 8.72. The van der Waals surface area contributed by atoms with Gasteiger partial charge in [0.05, 0.1) is 13.7 Å². The van der Waals surface area contributed by atoms with E-state index in [1.165, 1.54) is 13.2 Å². The summed E-state index contributed by atoms with van der Waals surface area (Å²) >= 11 is 9.29. The number of halogens is 2. The maximum Gasteiger partial charge on any atom is 0.344 e. The lowest BCUT2D eigenvalue weighted by Crippen LogP contribution is -2.15. The first-order chi connectivity index (χ1) is 14.4. The van der Waals surface area contributed by atoms with Crippen molar-refractivity contribution in [3.8, 4) is 17.6 Å². The van der Waals surface area contributed by atoms with Crippen molar-refractivity contribution in [3.63, 3.8) is 0 Å². The molecule has 7 nitrogen and oxygen atoms in total. The Morgan fingerprint density at radius 2 is 2.03 bits per heavy atom. The number of hydrogen-bond donors (Lipinski definition) is 1. The average molecular weight is 494 g/mol. The number of ether oxygens (including phenoxy) is 3. The Morgan fingerprint density at radius 3 is 2.67 bits per heavy atom. The molecule has 156 valence electrons. The Balaban J connectivity index is 2.25. The van der Waals surface area contributed by atoms with Crippen LogP contribution in [0.4, 0.5) is 5.69 Å². The molecule has 0 radical (unpaired) electrons. The number of anilines is 1. The van der Waals surface area contributed by atoms with Gasteiger partial charge in [-0.15, -0.1) is 0 Å². The van der Waals surface area contributed by atoms with E-state index in [1.54, 1.807) is 43.3 Å². The minimum Gasteiger partial charge on any atom is -0.493 e. The first kappa shape index (κ1) is 23.3. The second-order valence-corrected chi connectivity index (χ2v) is 7.04. The third-order valence-electron chi connectivity index (χ3n) is 3.68. The van der Waals surface area contributed by atoms with Crippen LogP contribution in [0.5, 0.6) is 11.5 Å². The number of carbonyl (C=O) groups is 2.